The van der Waals surface area contributed by atoms with Gasteiger partial charge in [0.2, 0.25) is 5.88 Å². The van der Waals surface area contributed by atoms with E-state index in [2.05, 4.69) is 20.3 Å². The highest BCUT2D eigenvalue weighted by Gasteiger charge is 2.30. The zero-order valence-corrected chi connectivity index (χ0v) is 14.1. The van der Waals surface area contributed by atoms with E-state index < -0.39 is 0 Å². The molecule has 25 heavy (non-hydrogen) atoms. The third-order valence-electron chi connectivity index (χ3n) is 4.45. The molecule has 0 unspecified atom stereocenters. The van der Waals surface area contributed by atoms with Crippen molar-refractivity contribution in [1.29, 1.82) is 0 Å². The van der Waals surface area contributed by atoms with Crippen molar-refractivity contribution >= 4 is 11.6 Å². The molecule has 0 aliphatic heterocycles. The van der Waals surface area contributed by atoms with Crippen molar-refractivity contribution in [2.24, 2.45) is 5.92 Å². The Morgan fingerprint density at radius 3 is 2.84 bits per heavy atom. The van der Waals surface area contributed by atoms with Crippen molar-refractivity contribution < 1.29 is 9.53 Å². The van der Waals surface area contributed by atoms with E-state index in [-0.39, 0.29) is 11.9 Å². The minimum atomic E-state index is -0.199. The van der Waals surface area contributed by atoms with Crippen LogP contribution in [0.25, 0.3) is 5.65 Å². The summed E-state index contributed by atoms with van der Waals surface area (Å²) in [5.41, 5.74) is 1.69. The quantitative estimate of drug-likeness (QED) is 0.774. The summed E-state index contributed by atoms with van der Waals surface area (Å²) in [6, 6.07) is 5.47. The molecule has 1 aliphatic rings. The van der Waals surface area contributed by atoms with Gasteiger partial charge in [-0.3, -0.25) is 14.2 Å². The topological polar surface area (TPSA) is 81.4 Å². The molecule has 3 aromatic rings. The Hall–Kier alpha value is -2.96. The standard InChI is InChI=1S/C18H19N5O2/c1-11-9-15(25-14-5-7-19-8-6-14)22-17-16(20-10-23(11)17)18(24)21-12(2)13-3-4-13/h5-10,12-13H,3-4H2,1-2H3,(H,21,24)/t12-/m0/s1. The van der Waals surface area contributed by atoms with E-state index in [0.717, 1.165) is 5.69 Å². The van der Waals surface area contributed by atoms with Crippen LogP contribution in [0.1, 0.15) is 35.9 Å². The smallest absolute Gasteiger partial charge is 0.274 e. The Labute approximate surface area is 145 Å². The van der Waals surface area contributed by atoms with E-state index in [0.29, 0.717) is 28.9 Å². The largest absolute Gasteiger partial charge is 0.439 e. The summed E-state index contributed by atoms with van der Waals surface area (Å²) in [5, 5.41) is 3.02. The van der Waals surface area contributed by atoms with Gasteiger partial charge >= 0.3 is 0 Å². The van der Waals surface area contributed by atoms with E-state index in [1.54, 1.807) is 35.3 Å². The number of carbonyl (C=O) groups excluding carboxylic acids is 1. The molecule has 1 saturated carbocycles. The Morgan fingerprint density at radius 2 is 2.12 bits per heavy atom. The first-order valence-electron chi connectivity index (χ1n) is 8.35. The summed E-state index contributed by atoms with van der Waals surface area (Å²) in [7, 11) is 0. The highest BCUT2D eigenvalue weighted by Crippen LogP contribution is 2.32. The van der Waals surface area contributed by atoms with Crippen LogP contribution in [0.4, 0.5) is 0 Å². The highest BCUT2D eigenvalue weighted by atomic mass is 16.5. The molecule has 1 N–H and O–H groups in total. The number of nitrogens with zero attached hydrogens (tertiary/aromatic N) is 4. The van der Waals surface area contributed by atoms with Gasteiger partial charge in [0, 0.05) is 30.2 Å². The molecule has 0 bridgehead atoms. The summed E-state index contributed by atoms with van der Waals surface area (Å²) < 4.78 is 7.56. The van der Waals surface area contributed by atoms with Crippen molar-refractivity contribution in [2.75, 3.05) is 0 Å². The van der Waals surface area contributed by atoms with Crippen LogP contribution in [-0.4, -0.2) is 31.3 Å². The molecule has 1 atom stereocenters. The van der Waals surface area contributed by atoms with Gasteiger partial charge in [-0.15, -0.1) is 0 Å². The molecule has 128 valence electrons. The zero-order chi connectivity index (χ0) is 17.4. The van der Waals surface area contributed by atoms with Gasteiger partial charge in [0.15, 0.2) is 11.3 Å². The van der Waals surface area contributed by atoms with Crippen LogP contribution in [0, 0.1) is 12.8 Å². The number of aromatic nitrogens is 4. The van der Waals surface area contributed by atoms with Crippen molar-refractivity contribution in [2.45, 2.75) is 32.7 Å². The Morgan fingerprint density at radius 1 is 1.36 bits per heavy atom. The summed E-state index contributed by atoms with van der Waals surface area (Å²) >= 11 is 0. The minimum absolute atomic E-state index is 0.154. The van der Waals surface area contributed by atoms with Gasteiger partial charge in [-0.2, -0.15) is 4.98 Å². The van der Waals surface area contributed by atoms with Crippen molar-refractivity contribution in [3.8, 4) is 11.6 Å². The zero-order valence-electron chi connectivity index (χ0n) is 14.1. The number of hydrogen-bond donors (Lipinski definition) is 1. The number of pyridine rings is 1. The number of aryl methyl sites for hydroxylation is 1. The summed E-state index contributed by atoms with van der Waals surface area (Å²) in [5.74, 6) is 1.44. The van der Waals surface area contributed by atoms with Crippen LogP contribution in [0.2, 0.25) is 0 Å². The van der Waals surface area contributed by atoms with Gasteiger partial charge < -0.3 is 10.1 Å². The molecule has 3 heterocycles. The fourth-order valence-corrected chi connectivity index (χ4v) is 2.82. The van der Waals surface area contributed by atoms with E-state index >= 15 is 0 Å². The van der Waals surface area contributed by atoms with Crippen LogP contribution in [0.5, 0.6) is 11.6 Å². The molecule has 4 rings (SSSR count). The van der Waals surface area contributed by atoms with E-state index in [9.17, 15) is 4.79 Å². The average Bonchev–Trinajstić information content (AvgIpc) is 3.36. The molecular weight excluding hydrogens is 318 g/mol. The number of ether oxygens (including phenoxy) is 1. The molecule has 0 aromatic carbocycles. The number of imidazole rings is 1. The maximum absolute atomic E-state index is 12.6. The average molecular weight is 337 g/mol. The molecule has 7 nitrogen and oxygen atoms in total. The predicted octanol–water partition coefficient (Wildman–Crippen LogP) is 2.75. The lowest BCUT2D eigenvalue weighted by molar-refractivity contribution is 0.0933. The Bertz CT molecular complexity index is 918. The van der Waals surface area contributed by atoms with Gasteiger partial charge in [0.05, 0.1) is 0 Å². The lowest BCUT2D eigenvalue weighted by Gasteiger charge is -2.12. The first-order valence-corrected chi connectivity index (χ1v) is 8.35. The number of nitrogens with one attached hydrogen (secondary N) is 1. The van der Waals surface area contributed by atoms with Gasteiger partial charge in [0.25, 0.3) is 5.91 Å². The Kier molecular flexibility index (Phi) is 3.83. The highest BCUT2D eigenvalue weighted by molar-refractivity contribution is 5.98. The molecule has 0 radical (unpaired) electrons. The molecule has 1 aliphatic carbocycles. The normalized spacial score (nSPS) is 15.1. The molecule has 0 saturated heterocycles. The third kappa shape index (κ3) is 3.17. The first-order chi connectivity index (χ1) is 12.1. The fourth-order valence-electron chi connectivity index (χ4n) is 2.82. The summed E-state index contributed by atoms with van der Waals surface area (Å²) in [6.45, 7) is 3.95. The molecule has 3 aromatic heterocycles. The van der Waals surface area contributed by atoms with Crippen molar-refractivity contribution in [3.63, 3.8) is 0 Å². The maximum Gasteiger partial charge on any atom is 0.274 e. The van der Waals surface area contributed by atoms with E-state index in [1.807, 2.05) is 19.9 Å². The van der Waals surface area contributed by atoms with Crippen molar-refractivity contribution in [1.82, 2.24) is 24.7 Å². The van der Waals surface area contributed by atoms with E-state index in [1.165, 1.54) is 12.8 Å². The second-order valence-electron chi connectivity index (χ2n) is 6.41. The fraction of sp³-hybridized carbons (Fsp3) is 0.333. The van der Waals surface area contributed by atoms with Gasteiger partial charge in [-0.05, 0) is 44.7 Å². The van der Waals surface area contributed by atoms with Gasteiger partial charge in [-0.1, -0.05) is 0 Å². The lowest BCUT2D eigenvalue weighted by atomic mass is 10.2. The maximum atomic E-state index is 12.6. The van der Waals surface area contributed by atoms with Crippen LogP contribution < -0.4 is 10.1 Å². The second-order valence-corrected chi connectivity index (χ2v) is 6.41. The number of amides is 1. The lowest BCUT2D eigenvalue weighted by Crippen LogP contribution is -2.34. The number of carbonyl (C=O) groups is 1. The summed E-state index contributed by atoms with van der Waals surface area (Å²) in [4.78, 5) is 25.3. The molecular formula is C18H19N5O2. The number of hydrogen-bond acceptors (Lipinski definition) is 5. The molecule has 0 spiro atoms. The SMILES string of the molecule is Cc1cc(Oc2ccncc2)nc2c(C(=O)N[C@@H](C)C3CC3)ncn12. The monoisotopic (exact) mass is 337 g/mol. The van der Waals surface area contributed by atoms with Gasteiger partial charge in [0.1, 0.15) is 12.1 Å². The van der Waals surface area contributed by atoms with Gasteiger partial charge in [-0.25, -0.2) is 4.98 Å². The second kappa shape index (κ2) is 6.16. The van der Waals surface area contributed by atoms with E-state index in [4.69, 9.17) is 4.74 Å². The molecule has 1 amide bonds. The van der Waals surface area contributed by atoms with Crippen molar-refractivity contribution in [3.05, 3.63) is 48.3 Å². The number of fused-ring (bicyclic) bond motifs is 1. The third-order valence-corrected chi connectivity index (χ3v) is 4.45. The van der Waals surface area contributed by atoms with Crippen LogP contribution >= 0.6 is 0 Å². The molecule has 1 fully saturated rings. The Balaban J connectivity index is 1.65. The first kappa shape index (κ1) is 15.6. The van der Waals surface area contributed by atoms with Crippen LogP contribution in [0.3, 0.4) is 0 Å². The summed E-state index contributed by atoms with van der Waals surface area (Å²) in [6.07, 6.45) is 7.26. The molecule has 7 heteroatoms. The predicted molar refractivity (Wildman–Crippen MR) is 91.7 cm³/mol. The minimum Gasteiger partial charge on any atom is -0.439 e. The number of rotatable bonds is 5. The van der Waals surface area contributed by atoms with Crippen LogP contribution in [-0.2, 0) is 0 Å². The van der Waals surface area contributed by atoms with Crippen LogP contribution in [0.15, 0.2) is 36.9 Å².